The fourth-order valence-corrected chi connectivity index (χ4v) is 12.1. The number of fused-ring (bicyclic) bond motifs is 1. The lowest BCUT2D eigenvalue weighted by Crippen LogP contribution is -2.66. The number of nitrogens with zero attached hydrogens (tertiary/aromatic N) is 1. The van der Waals surface area contributed by atoms with E-state index in [9.17, 15) is 4.79 Å². The summed E-state index contributed by atoms with van der Waals surface area (Å²) in [6, 6.07) is 27.5. The Morgan fingerprint density at radius 2 is 1.52 bits per heavy atom. The number of ether oxygens (including phenoxy) is 2. The van der Waals surface area contributed by atoms with Gasteiger partial charge in [0, 0.05) is 53.8 Å². The zero-order valence-electron chi connectivity index (χ0n) is 28.3. The van der Waals surface area contributed by atoms with E-state index in [1.165, 1.54) is 16.4 Å². The molecule has 2 heterocycles. The molecule has 3 aromatic carbocycles. The minimum atomic E-state index is -2.78. The summed E-state index contributed by atoms with van der Waals surface area (Å²) >= 11 is 3.82. The summed E-state index contributed by atoms with van der Waals surface area (Å²) in [5.74, 6) is -1.11. The summed E-state index contributed by atoms with van der Waals surface area (Å²) in [5.41, 5.74) is 2.75. The van der Waals surface area contributed by atoms with E-state index in [4.69, 9.17) is 13.9 Å². The number of rotatable bonds is 10. The van der Waals surface area contributed by atoms with Gasteiger partial charge in [0.2, 0.25) is 5.79 Å². The van der Waals surface area contributed by atoms with E-state index in [0.717, 1.165) is 26.5 Å². The molecule has 242 valence electrons. The minimum absolute atomic E-state index is 0.160. The van der Waals surface area contributed by atoms with Gasteiger partial charge in [0.1, 0.15) is 5.76 Å². The number of aryl methyl sites for hydroxylation is 1. The third-order valence-electron chi connectivity index (χ3n) is 9.25. The molecule has 0 spiro atoms. The average Bonchev–Trinajstić information content (AvgIpc) is 3.34. The van der Waals surface area contributed by atoms with Gasteiger partial charge in [-0.1, -0.05) is 129 Å². The van der Waals surface area contributed by atoms with Gasteiger partial charge in [0.05, 0.1) is 12.7 Å². The van der Waals surface area contributed by atoms with Gasteiger partial charge in [0.25, 0.3) is 8.32 Å². The number of hydrogen-bond donors (Lipinski definition) is 0. The Labute approximate surface area is 283 Å². The monoisotopic (exact) mass is 699 g/mol. The summed E-state index contributed by atoms with van der Waals surface area (Å²) in [6.07, 6.45) is 4.26. The van der Waals surface area contributed by atoms with E-state index in [-0.39, 0.29) is 11.0 Å². The van der Waals surface area contributed by atoms with Crippen molar-refractivity contribution in [3.05, 3.63) is 119 Å². The van der Waals surface area contributed by atoms with E-state index < -0.39 is 25.5 Å². The van der Waals surface area contributed by atoms with E-state index in [1.807, 2.05) is 0 Å². The van der Waals surface area contributed by atoms with Crippen molar-refractivity contribution < 1.29 is 18.7 Å². The fraction of sp³-hybridized carbons (Fsp3) is 0.359. The molecule has 1 aliphatic heterocycles. The third-order valence-corrected chi connectivity index (χ3v) is 14.9. The van der Waals surface area contributed by atoms with Crippen LogP contribution >= 0.6 is 15.9 Å². The van der Waals surface area contributed by atoms with E-state index in [1.54, 1.807) is 13.8 Å². The normalized spacial score (nSPS) is 16.0. The zero-order chi connectivity index (χ0) is 33.5. The highest BCUT2D eigenvalue weighted by Gasteiger charge is 2.50. The second-order valence-corrected chi connectivity index (χ2v) is 19.6. The van der Waals surface area contributed by atoms with Crippen LogP contribution in [0.1, 0.15) is 60.5 Å². The first-order chi connectivity index (χ1) is 21.6. The van der Waals surface area contributed by atoms with Crippen molar-refractivity contribution in [2.45, 2.75) is 71.1 Å². The number of cyclic esters (lactones) is 1. The van der Waals surface area contributed by atoms with Crippen LogP contribution in [0.2, 0.25) is 5.04 Å². The van der Waals surface area contributed by atoms with E-state index in [0.29, 0.717) is 18.8 Å². The molecule has 0 fully saturated rings. The average molecular weight is 701 g/mol. The summed E-state index contributed by atoms with van der Waals surface area (Å²) < 4.78 is 22.4. The number of carbonyl (C=O) groups is 1. The molecular formula is C39H46BrNO4Si. The molecule has 0 bridgehead atoms. The Morgan fingerprint density at radius 3 is 2.07 bits per heavy atom. The number of allylic oxidation sites excluding steroid dienone is 1. The smallest absolute Gasteiger partial charge is 0.337 e. The van der Waals surface area contributed by atoms with Gasteiger partial charge in [0.15, 0.2) is 0 Å². The van der Waals surface area contributed by atoms with E-state index in [2.05, 4.69) is 154 Å². The Balaban J connectivity index is 1.56. The molecule has 46 heavy (non-hydrogen) atoms. The molecule has 1 aliphatic rings. The molecular weight excluding hydrogens is 654 g/mol. The second-order valence-electron chi connectivity index (χ2n) is 14.4. The van der Waals surface area contributed by atoms with Crippen LogP contribution in [-0.4, -0.2) is 31.2 Å². The number of aromatic nitrogens is 1. The molecule has 1 aromatic heterocycles. The summed E-state index contributed by atoms with van der Waals surface area (Å²) in [6.45, 7) is 19.8. The summed E-state index contributed by atoms with van der Waals surface area (Å²) in [7, 11) is -0.711. The SMILES string of the molecule is C=C(CO[Si](c1ccccc1)(c1ccccc1)C(C)(C)C)CC(C1=CC(=O)OC(C)(C)O1)C(C)(C)c1cn(C)c2cccc(Br)c12. The van der Waals surface area contributed by atoms with Crippen LogP contribution in [0.5, 0.6) is 0 Å². The molecule has 0 radical (unpaired) electrons. The molecule has 0 amide bonds. The largest absolute Gasteiger partial charge is 0.457 e. The lowest BCUT2D eigenvalue weighted by atomic mass is 9.69. The minimum Gasteiger partial charge on any atom is -0.457 e. The highest BCUT2D eigenvalue weighted by molar-refractivity contribution is 9.10. The number of halogens is 1. The first-order valence-electron chi connectivity index (χ1n) is 15.9. The number of carbonyl (C=O) groups excluding carboxylic acids is 1. The van der Waals surface area contributed by atoms with Crippen LogP contribution in [-0.2, 0) is 31.2 Å². The van der Waals surface area contributed by atoms with Crippen LogP contribution in [0.4, 0.5) is 0 Å². The summed E-state index contributed by atoms with van der Waals surface area (Å²) in [5, 5.41) is 3.43. The molecule has 1 atom stereocenters. The van der Waals surface area contributed by atoms with Gasteiger partial charge in [-0.15, -0.1) is 0 Å². The van der Waals surface area contributed by atoms with Gasteiger partial charge in [-0.3, -0.25) is 0 Å². The Morgan fingerprint density at radius 1 is 0.935 bits per heavy atom. The van der Waals surface area contributed by atoms with Crippen LogP contribution in [0.15, 0.2) is 114 Å². The maximum Gasteiger partial charge on any atom is 0.337 e. The molecule has 4 aromatic rings. The Kier molecular flexibility index (Phi) is 9.35. The predicted molar refractivity (Wildman–Crippen MR) is 194 cm³/mol. The Bertz CT molecular complexity index is 1730. The Hall–Kier alpha value is -3.39. The molecule has 0 saturated carbocycles. The topological polar surface area (TPSA) is 49.7 Å². The quantitative estimate of drug-likeness (QED) is 0.0946. The van der Waals surface area contributed by atoms with Crippen molar-refractivity contribution in [3.63, 3.8) is 0 Å². The number of esters is 1. The van der Waals surface area contributed by atoms with Gasteiger partial charge in [-0.2, -0.15) is 0 Å². The van der Waals surface area contributed by atoms with Crippen LogP contribution in [0.3, 0.4) is 0 Å². The maximum absolute atomic E-state index is 12.9. The summed E-state index contributed by atoms with van der Waals surface area (Å²) in [4.78, 5) is 12.9. The third kappa shape index (κ3) is 6.42. The predicted octanol–water partition coefficient (Wildman–Crippen LogP) is 8.55. The lowest BCUT2D eigenvalue weighted by molar-refractivity contribution is -0.209. The molecule has 5 rings (SSSR count). The highest BCUT2D eigenvalue weighted by atomic mass is 79.9. The van der Waals surface area contributed by atoms with Crippen molar-refractivity contribution >= 4 is 51.5 Å². The van der Waals surface area contributed by atoms with Gasteiger partial charge in [-0.05, 0) is 39.5 Å². The van der Waals surface area contributed by atoms with Crippen LogP contribution in [0.25, 0.3) is 10.9 Å². The van der Waals surface area contributed by atoms with E-state index >= 15 is 0 Å². The number of hydrogen-bond acceptors (Lipinski definition) is 4. The molecule has 0 aliphatic carbocycles. The highest BCUT2D eigenvalue weighted by Crippen LogP contribution is 2.47. The van der Waals surface area contributed by atoms with Crippen molar-refractivity contribution in [1.29, 1.82) is 0 Å². The van der Waals surface area contributed by atoms with Gasteiger partial charge in [-0.25, -0.2) is 4.79 Å². The first-order valence-corrected chi connectivity index (χ1v) is 18.6. The molecule has 7 heteroatoms. The molecule has 0 N–H and O–H groups in total. The van der Waals surface area contributed by atoms with Crippen LogP contribution < -0.4 is 10.4 Å². The van der Waals surface area contributed by atoms with Crippen molar-refractivity contribution in [1.82, 2.24) is 4.57 Å². The lowest BCUT2D eigenvalue weighted by Gasteiger charge is -2.44. The fourth-order valence-electron chi connectivity index (χ4n) is 7.00. The maximum atomic E-state index is 12.9. The van der Waals surface area contributed by atoms with Gasteiger partial charge < -0.3 is 18.5 Å². The standard InChI is InChI=1S/C39H46BrNO4Si/c1-27(26-43-46(37(2,3)4,28-17-12-10-13-18-28)29-19-14-11-15-20-29)23-30(34-24-35(42)45-39(7,8)44-34)38(5,6)31-25-41(9)33-22-16-21-32(40)36(31)33/h10-22,24-25,30H,1,23,26H2,2-9H3. The molecule has 0 saturated heterocycles. The zero-order valence-corrected chi connectivity index (χ0v) is 30.9. The molecule has 5 nitrogen and oxygen atoms in total. The first kappa shape index (κ1) is 34.0. The molecule has 1 unspecified atom stereocenters. The number of benzene rings is 3. The van der Waals surface area contributed by atoms with Crippen molar-refractivity contribution in [2.75, 3.05) is 6.61 Å². The van der Waals surface area contributed by atoms with Crippen molar-refractivity contribution in [3.8, 4) is 0 Å². The van der Waals surface area contributed by atoms with Gasteiger partial charge >= 0.3 is 5.97 Å². The van der Waals surface area contributed by atoms with Crippen LogP contribution in [0, 0.1) is 5.92 Å². The van der Waals surface area contributed by atoms with Crippen molar-refractivity contribution in [2.24, 2.45) is 13.0 Å². The second kappa shape index (κ2) is 12.7.